The predicted octanol–water partition coefficient (Wildman–Crippen LogP) is 3.08. The van der Waals surface area contributed by atoms with Crippen molar-refractivity contribution in [2.75, 3.05) is 18.0 Å². The Hall–Kier alpha value is -0.540. The molecule has 1 saturated heterocycles. The molecule has 0 amide bonds. The van der Waals surface area contributed by atoms with Gasteiger partial charge in [-0.1, -0.05) is 15.9 Å². The van der Waals surface area contributed by atoms with Gasteiger partial charge < -0.3 is 10.6 Å². The fraction of sp³-hybridized carbons (Fsp3) is 0.538. The van der Waals surface area contributed by atoms with Crippen LogP contribution < -0.4 is 10.6 Å². The van der Waals surface area contributed by atoms with Gasteiger partial charge in [0, 0.05) is 28.8 Å². The van der Waals surface area contributed by atoms with E-state index >= 15 is 0 Å². The maximum absolute atomic E-state index is 6.22. The molecule has 2 rings (SSSR count). The van der Waals surface area contributed by atoms with E-state index in [1.807, 2.05) is 0 Å². The molecule has 0 saturated carbocycles. The fourth-order valence-electron chi connectivity index (χ4n) is 2.31. The van der Waals surface area contributed by atoms with Crippen LogP contribution in [0.15, 0.2) is 22.7 Å². The number of hydrogen-bond donors (Lipinski definition) is 1. The van der Waals surface area contributed by atoms with Gasteiger partial charge in [0.2, 0.25) is 0 Å². The summed E-state index contributed by atoms with van der Waals surface area (Å²) in [6.45, 7) is 6.34. The number of aryl methyl sites for hydroxylation is 1. The number of rotatable bonds is 1. The molecule has 2 N–H and O–H groups in total. The van der Waals surface area contributed by atoms with Crippen LogP contribution in [0.5, 0.6) is 0 Å². The van der Waals surface area contributed by atoms with Gasteiger partial charge in [-0.2, -0.15) is 0 Å². The van der Waals surface area contributed by atoms with Crippen molar-refractivity contribution in [2.45, 2.75) is 32.2 Å². The first kappa shape index (κ1) is 11.9. The van der Waals surface area contributed by atoms with Crippen LogP contribution in [-0.4, -0.2) is 18.6 Å². The number of anilines is 1. The number of benzene rings is 1. The maximum atomic E-state index is 6.22. The Labute approximate surface area is 106 Å². The third kappa shape index (κ3) is 2.58. The largest absolute Gasteiger partial charge is 0.370 e. The molecule has 88 valence electrons. The zero-order valence-corrected chi connectivity index (χ0v) is 11.5. The van der Waals surface area contributed by atoms with Crippen molar-refractivity contribution in [3.63, 3.8) is 0 Å². The van der Waals surface area contributed by atoms with Crippen LogP contribution in [0.4, 0.5) is 5.69 Å². The number of hydrogen-bond acceptors (Lipinski definition) is 2. The predicted molar refractivity (Wildman–Crippen MR) is 72.9 cm³/mol. The van der Waals surface area contributed by atoms with Crippen molar-refractivity contribution in [1.29, 1.82) is 0 Å². The molecule has 1 aromatic carbocycles. The van der Waals surface area contributed by atoms with E-state index in [4.69, 9.17) is 5.73 Å². The van der Waals surface area contributed by atoms with Gasteiger partial charge >= 0.3 is 0 Å². The number of nitrogens with zero attached hydrogens (tertiary/aromatic N) is 1. The Bertz CT molecular complexity index is 388. The average Bonchev–Trinajstić information content (AvgIpc) is 2.20. The monoisotopic (exact) mass is 282 g/mol. The van der Waals surface area contributed by atoms with Crippen LogP contribution in [0.2, 0.25) is 0 Å². The Morgan fingerprint density at radius 3 is 2.81 bits per heavy atom. The molecule has 0 radical (unpaired) electrons. The molecule has 16 heavy (non-hydrogen) atoms. The first-order valence-corrected chi connectivity index (χ1v) is 6.57. The molecule has 0 aliphatic carbocycles. The van der Waals surface area contributed by atoms with E-state index in [0.717, 1.165) is 19.5 Å². The summed E-state index contributed by atoms with van der Waals surface area (Å²) in [5.41, 5.74) is 8.75. The highest BCUT2D eigenvalue weighted by Crippen LogP contribution is 2.27. The van der Waals surface area contributed by atoms with Gasteiger partial charge in [0.05, 0.1) is 0 Å². The van der Waals surface area contributed by atoms with Crippen molar-refractivity contribution in [1.82, 2.24) is 0 Å². The molecule has 1 aliphatic rings. The third-order valence-corrected chi connectivity index (χ3v) is 4.12. The van der Waals surface area contributed by atoms with Crippen molar-refractivity contribution in [3.8, 4) is 0 Å². The molecule has 1 heterocycles. The Balaban J connectivity index is 2.20. The highest BCUT2D eigenvalue weighted by molar-refractivity contribution is 9.10. The molecule has 2 nitrogen and oxygen atoms in total. The smallest absolute Gasteiger partial charge is 0.0370 e. The highest BCUT2D eigenvalue weighted by atomic mass is 79.9. The topological polar surface area (TPSA) is 29.3 Å². The van der Waals surface area contributed by atoms with Gasteiger partial charge in [0.15, 0.2) is 0 Å². The molecule has 1 unspecified atom stereocenters. The molecule has 1 aromatic rings. The van der Waals surface area contributed by atoms with Gasteiger partial charge in [0.1, 0.15) is 0 Å². The summed E-state index contributed by atoms with van der Waals surface area (Å²) < 4.78 is 1.17. The van der Waals surface area contributed by atoms with Crippen molar-refractivity contribution in [3.05, 3.63) is 28.2 Å². The molecule has 0 aromatic heterocycles. The molecule has 1 aliphatic heterocycles. The molecule has 0 spiro atoms. The lowest BCUT2D eigenvalue weighted by Crippen LogP contribution is -2.52. The van der Waals surface area contributed by atoms with E-state index in [1.165, 1.54) is 22.1 Å². The molecule has 1 fully saturated rings. The Kier molecular flexibility index (Phi) is 3.27. The van der Waals surface area contributed by atoms with Crippen LogP contribution in [0, 0.1) is 6.92 Å². The number of halogens is 1. The molecule has 3 heteroatoms. The summed E-state index contributed by atoms with van der Waals surface area (Å²) in [4.78, 5) is 2.39. The lowest BCUT2D eigenvalue weighted by Gasteiger charge is -2.39. The molecular weight excluding hydrogens is 264 g/mol. The van der Waals surface area contributed by atoms with E-state index in [2.05, 4.69) is 52.9 Å². The van der Waals surface area contributed by atoms with E-state index in [9.17, 15) is 0 Å². The normalized spacial score (nSPS) is 25.9. The highest BCUT2D eigenvalue weighted by Gasteiger charge is 2.26. The lowest BCUT2D eigenvalue weighted by molar-refractivity contribution is 0.375. The molecule has 1 atom stereocenters. The van der Waals surface area contributed by atoms with Crippen molar-refractivity contribution >= 4 is 21.6 Å². The summed E-state index contributed by atoms with van der Waals surface area (Å²) in [5.74, 6) is 0. The zero-order valence-electron chi connectivity index (χ0n) is 9.96. The minimum Gasteiger partial charge on any atom is -0.370 e. The van der Waals surface area contributed by atoms with E-state index < -0.39 is 0 Å². The summed E-state index contributed by atoms with van der Waals surface area (Å²) in [7, 11) is 0. The zero-order chi connectivity index (χ0) is 11.8. The van der Waals surface area contributed by atoms with Gasteiger partial charge in [0.25, 0.3) is 0 Å². The van der Waals surface area contributed by atoms with Gasteiger partial charge in [-0.05, 0) is 50.5 Å². The second-order valence-electron chi connectivity index (χ2n) is 5.11. The van der Waals surface area contributed by atoms with Gasteiger partial charge in [-0.15, -0.1) is 0 Å². The van der Waals surface area contributed by atoms with E-state index in [1.54, 1.807) is 0 Å². The van der Waals surface area contributed by atoms with Crippen LogP contribution in [0.1, 0.15) is 25.3 Å². The first-order chi connectivity index (χ1) is 7.48. The summed E-state index contributed by atoms with van der Waals surface area (Å²) in [6, 6.07) is 6.51. The second-order valence-corrected chi connectivity index (χ2v) is 5.97. The first-order valence-electron chi connectivity index (χ1n) is 5.78. The quantitative estimate of drug-likeness (QED) is 0.858. The SMILES string of the molecule is Cc1cc(N2CCCC(C)(N)C2)ccc1Br. The van der Waals surface area contributed by atoms with E-state index in [-0.39, 0.29) is 5.54 Å². The second kappa shape index (κ2) is 4.38. The van der Waals surface area contributed by atoms with E-state index in [0.29, 0.717) is 0 Å². The Morgan fingerprint density at radius 1 is 1.44 bits per heavy atom. The molecular formula is C13H19BrN2. The number of nitrogens with two attached hydrogens (primary N) is 1. The van der Waals surface area contributed by atoms with Gasteiger partial charge in [-0.25, -0.2) is 0 Å². The lowest BCUT2D eigenvalue weighted by atomic mass is 9.92. The van der Waals surface area contributed by atoms with Crippen molar-refractivity contribution < 1.29 is 0 Å². The minimum absolute atomic E-state index is 0.0424. The van der Waals surface area contributed by atoms with Crippen LogP contribution in [0.25, 0.3) is 0 Å². The average molecular weight is 283 g/mol. The standard InChI is InChI=1S/C13H19BrN2/c1-10-8-11(4-5-12(10)14)16-7-3-6-13(2,15)9-16/h4-5,8H,3,6-7,9,15H2,1-2H3. The van der Waals surface area contributed by atoms with Crippen molar-refractivity contribution in [2.24, 2.45) is 5.73 Å². The van der Waals surface area contributed by atoms with Crippen LogP contribution in [0.3, 0.4) is 0 Å². The molecule has 0 bridgehead atoms. The maximum Gasteiger partial charge on any atom is 0.0370 e. The third-order valence-electron chi connectivity index (χ3n) is 3.23. The Morgan fingerprint density at radius 2 is 2.19 bits per heavy atom. The van der Waals surface area contributed by atoms with Gasteiger partial charge in [-0.3, -0.25) is 0 Å². The summed E-state index contributed by atoms with van der Waals surface area (Å²) in [5, 5.41) is 0. The minimum atomic E-state index is -0.0424. The number of piperidine rings is 1. The summed E-state index contributed by atoms with van der Waals surface area (Å²) >= 11 is 3.53. The fourth-order valence-corrected chi connectivity index (χ4v) is 2.56. The van der Waals surface area contributed by atoms with Crippen LogP contribution in [-0.2, 0) is 0 Å². The van der Waals surface area contributed by atoms with Crippen LogP contribution >= 0.6 is 15.9 Å². The summed E-state index contributed by atoms with van der Waals surface area (Å²) in [6.07, 6.45) is 2.31.